The van der Waals surface area contributed by atoms with Crippen molar-refractivity contribution in [3.8, 4) is 0 Å². The molecule has 1 rings (SSSR count). The van der Waals surface area contributed by atoms with Gasteiger partial charge in [-0.1, -0.05) is 6.92 Å². The van der Waals surface area contributed by atoms with Crippen molar-refractivity contribution in [2.24, 2.45) is 0 Å². The number of aromatic carboxylic acids is 1. The van der Waals surface area contributed by atoms with E-state index in [9.17, 15) is 13.2 Å². The number of sulfonamides is 1. The van der Waals surface area contributed by atoms with Crippen LogP contribution in [-0.4, -0.2) is 39.3 Å². The number of nitrogens with one attached hydrogen (secondary N) is 1. The Labute approximate surface area is 110 Å². The van der Waals surface area contributed by atoms with Gasteiger partial charge in [0.2, 0.25) is 10.0 Å². The lowest BCUT2D eigenvalue weighted by Crippen LogP contribution is -2.37. The number of carboxylic acid groups (broad SMARTS) is 1. The maximum atomic E-state index is 12.0. The number of hydrogen-bond donors (Lipinski definition) is 2. The molecule has 0 fully saturated rings. The highest BCUT2D eigenvalue weighted by Gasteiger charge is 2.22. The Morgan fingerprint density at radius 3 is 2.72 bits per heavy atom. The van der Waals surface area contributed by atoms with Gasteiger partial charge in [-0.25, -0.2) is 17.9 Å². The third-order valence-electron chi connectivity index (χ3n) is 2.27. The maximum absolute atomic E-state index is 12.0. The van der Waals surface area contributed by atoms with E-state index in [2.05, 4.69) is 4.72 Å². The van der Waals surface area contributed by atoms with Crippen LogP contribution < -0.4 is 4.72 Å². The van der Waals surface area contributed by atoms with Gasteiger partial charge in [0.05, 0.1) is 12.2 Å². The molecule has 1 aromatic rings. The molecule has 0 spiro atoms. The minimum atomic E-state index is -3.68. The Morgan fingerprint density at radius 1 is 1.61 bits per heavy atom. The van der Waals surface area contributed by atoms with Gasteiger partial charge in [-0.05, 0) is 12.5 Å². The van der Waals surface area contributed by atoms with Crippen molar-refractivity contribution in [1.29, 1.82) is 0 Å². The minimum absolute atomic E-state index is 0.00514. The van der Waals surface area contributed by atoms with Crippen molar-refractivity contribution in [3.63, 3.8) is 0 Å². The van der Waals surface area contributed by atoms with E-state index in [4.69, 9.17) is 9.84 Å². The van der Waals surface area contributed by atoms with Crippen LogP contribution in [0, 0.1) is 0 Å². The zero-order valence-corrected chi connectivity index (χ0v) is 11.7. The monoisotopic (exact) mass is 293 g/mol. The Kier molecular flexibility index (Phi) is 5.27. The van der Waals surface area contributed by atoms with Gasteiger partial charge >= 0.3 is 5.97 Å². The molecule has 1 heterocycles. The number of methoxy groups -OCH3 is 1. The smallest absolute Gasteiger partial charge is 0.336 e. The van der Waals surface area contributed by atoms with E-state index in [-0.39, 0.29) is 22.4 Å². The lowest BCUT2D eigenvalue weighted by Gasteiger charge is -2.14. The van der Waals surface area contributed by atoms with Crippen molar-refractivity contribution < 1.29 is 23.1 Å². The van der Waals surface area contributed by atoms with Crippen LogP contribution in [0.15, 0.2) is 15.7 Å². The normalized spacial score (nSPS) is 13.4. The topological polar surface area (TPSA) is 92.7 Å². The fourth-order valence-corrected chi connectivity index (χ4v) is 3.76. The van der Waals surface area contributed by atoms with Crippen LogP contribution in [-0.2, 0) is 14.8 Å². The number of carboxylic acids is 1. The molecule has 0 amide bonds. The summed E-state index contributed by atoms with van der Waals surface area (Å²) in [6.07, 6.45) is 0.588. The molecule has 1 aromatic heterocycles. The molecular weight excluding hydrogens is 278 g/mol. The van der Waals surface area contributed by atoms with E-state index in [1.54, 1.807) is 0 Å². The second kappa shape index (κ2) is 6.28. The Morgan fingerprint density at radius 2 is 2.28 bits per heavy atom. The van der Waals surface area contributed by atoms with Crippen LogP contribution in [0.5, 0.6) is 0 Å². The summed E-state index contributed by atoms with van der Waals surface area (Å²) in [6, 6.07) is 0.824. The molecule has 0 saturated carbocycles. The largest absolute Gasteiger partial charge is 0.478 e. The summed E-state index contributed by atoms with van der Waals surface area (Å²) in [5, 5.41) is 10.0. The lowest BCUT2D eigenvalue weighted by molar-refractivity contribution is 0.0697. The Hall–Kier alpha value is -0.960. The fraction of sp³-hybridized carbons (Fsp3) is 0.500. The van der Waals surface area contributed by atoms with Crippen molar-refractivity contribution in [2.45, 2.75) is 23.6 Å². The van der Waals surface area contributed by atoms with E-state index in [0.717, 1.165) is 17.4 Å². The average molecular weight is 293 g/mol. The number of hydrogen-bond acceptors (Lipinski definition) is 5. The molecule has 0 bridgehead atoms. The van der Waals surface area contributed by atoms with Gasteiger partial charge < -0.3 is 9.84 Å². The molecule has 1 atom stereocenters. The quantitative estimate of drug-likeness (QED) is 0.786. The molecular formula is C10H15NO5S2. The first-order valence-corrected chi connectivity index (χ1v) is 7.60. The van der Waals surface area contributed by atoms with Gasteiger partial charge in [0.1, 0.15) is 4.21 Å². The van der Waals surface area contributed by atoms with Crippen LogP contribution in [0.3, 0.4) is 0 Å². The SMILES string of the molecule is CCC(COC)NS(=O)(=O)c1cc(C(=O)O)cs1. The van der Waals surface area contributed by atoms with E-state index in [1.165, 1.54) is 12.5 Å². The number of carbonyl (C=O) groups is 1. The molecule has 0 aromatic carbocycles. The third-order valence-corrected chi connectivity index (χ3v) is 5.23. The summed E-state index contributed by atoms with van der Waals surface area (Å²) in [5.74, 6) is -1.14. The zero-order chi connectivity index (χ0) is 13.8. The summed E-state index contributed by atoms with van der Waals surface area (Å²) in [7, 11) is -2.19. The van der Waals surface area contributed by atoms with Gasteiger partial charge in [0, 0.05) is 18.5 Å². The minimum Gasteiger partial charge on any atom is -0.478 e. The molecule has 8 heteroatoms. The van der Waals surface area contributed by atoms with Crippen LogP contribution in [0.25, 0.3) is 0 Å². The van der Waals surface area contributed by atoms with Crippen molar-refractivity contribution in [3.05, 3.63) is 17.0 Å². The molecule has 0 aliphatic rings. The highest BCUT2D eigenvalue weighted by molar-refractivity contribution is 7.91. The summed E-state index contributed by atoms with van der Waals surface area (Å²) in [6.45, 7) is 2.11. The highest BCUT2D eigenvalue weighted by atomic mass is 32.2. The average Bonchev–Trinajstić information content (AvgIpc) is 2.78. The first kappa shape index (κ1) is 15.1. The van der Waals surface area contributed by atoms with Crippen LogP contribution in [0.2, 0.25) is 0 Å². The molecule has 0 aliphatic heterocycles. The zero-order valence-electron chi connectivity index (χ0n) is 10.0. The first-order chi connectivity index (χ1) is 8.40. The molecule has 6 nitrogen and oxygen atoms in total. The number of rotatable bonds is 7. The van der Waals surface area contributed by atoms with Gasteiger partial charge in [0.15, 0.2) is 0 Å². The second-order valence-electron chi connectivity index (χ2n) is 3.64. The van der Waals surface area contributed by atoms with Crippen LogP contribution in [0.4, 0.5) is 0 Å². The van der Waals surface area contributed by atoms with E-state index < -0.39 is 16.0 Å². The number of ether oxygens (including phenoxy) is 1. The summed E-state index contributed by atoms with van der Waals surface area (Å²) < 4.78 is 31.3. The predicted molar refractivity (Wildman–Crippen MR) is 67.6 cm³/mol. The Balaban J connectivity index is 2.88. The van der Waals surface area contributed by atoms with E-state index in [1.807, 2.05) is 6.92 Å². The van der Waals surface area contributed by atoms with Gasteiger partial charge in [0.25, 0.3) is 0 Å². The molecule has 0 radical (unpaired) electrons. The fourth-order valence-electron chi connectivity index (χ4n) is 1.28. The predicted octanol–water partition coefficient (Wildman–Crippen LogP) is 1.15. The molecule has 0 saturated heterocycles. The molecule has 0 aliphatic carbocycles. The molecule has 1 unspecified atom stereocenters. The first-order valence-electron chi connectivity index (χ1n) is 5.23. The standard InChI is InChI=1S/C10H15NO5S2/c1-3-8(5-16-2)11-18(14,15)9-4-7(6-17-9)10(12)13/h4,6,8,11H,3,5H2,1-2H3,(H,12,13). The van der Waals surface area contributed by atoms with Crippen molar-refractivity contribution in [2.75, 3.05) is 13.7 Å². The second-order valence-corrected chi connectivity index (χ2v) is 6.49. The van der Waals surface area contributed by atoms with E-state index >= 15 is 0 Å². The maximum Gasteiger partial charge on any atom is 0.336 e. The molecule has 18 heavy (non-hydrogen) atoms. The molecule has 2 N–H and O–H groups in total. The van der Waals surface area contributed by atoms with Gasteiger partial charge in [-0.15, -0.1) is 11.3 Å². The lowest BCUT2D eigenvalue weighted by atomic mass is 10.3. The van der Waals surface area contributed by atoms with Crippen molar-refractivity contribution in [1.82, 2.24) is 4.72 Å². The van der Waals surface area contributed by atoms with Crippen LogP contribution in [0.1, 0.15) is 23.7 Å². The molecule has 102 valence electrons. The summed E-state index contributed by atoms with van der Waals surface area (Å²) >= 11 is 0.883. The number of thiophene rings is 1. The third kappa shape index (κ3) is 3.77. The van der Waals surface area contributed by atoms with Gasteiger partial charge in [-0.2, -0.15) is 0 Å². The van der Waals surface area contributed by atoms with Crippen molar-refractivity contribution >= 4 is 27.3 Å². The van der Waals surface area contributed by atoms with Gasteiger partial charge in [-0.3, -0.25) is 0 Å². The van der Waals surface area contributed by atoms with Crippen LogP contribution >= 0.6 is 11.3 Å². The highest BCUT2D eigenvalue weighted by Crippen LogP contribution is 2.20. The summed E-state index contributed by atoms with van der Waals surface area (Å²) in [5.41, 5.74) is -0.0276. The Bertz CT molecular complexity index is 508. The summed E-state index contributed by atoms with van der Waals surface area (Å²) in [4.78, 5) is 10.7. The van der Waals surface area contributed by atoms with E-state index in [0.29, 0.717) is 6.42 Å².